The fraction of sp³-hybridized carbons (Fsp3) is 0.481. The number of benzene rings is 2. The van der Waals surface area contributed by atoms with Gasteiger partial charge in [0.15, 0.2) is 0 Å². The molecule has 11 heteroatoms. The number of aliphatic carboxylic acids is 1. The monoisotopic (exact) mass is 532 g/mol. The second kappa shape index (κ2) is 9.07. The number of alkyl halides is 3. The van der Waals surface area contributed by atoms with E-state index in [1.54, 1.807) is 0 Å². The van der Waals surface area contributed by atoms with Gasteiger partial charge in [-0.25, -0.2) is 4.98 Å². The van der Waals surface area contributed by atoms with Crippen molar-refractivity contribution in [1.29, 1.82) is 0 Å². The molecule has 204 valence electrons. The number of halogens is 3. The van der Waals surface area contributed by atoms with Crippen molar-refractivity contribution < 1.29 is 32.5 Å². The van der Waals surface area contributed by atoms with Gasteiger partial charge in [-0.2, -0.15) is 0 Å². The first-order valence-electron chi connectivity index (χ1n) is 12.5. The molecule has 0 atom stereocenters. The number of fused-ring (bicyclic) bond motifs is 1. The van der Waals surface area contributed by atoms with E-state index in [0.29, 0.717) is 24.7 Å². The minimum absolute atomic E-state index is 0.0420. The summed E-state index contributed by atoms with van der Waals surface area (Å²) < 4.78 is 50.2. The van der Waals surface area contributed by atoms with Crippen LogP contribution in [0.1, 0.15) is 46.6 Å². The fourth-order valence-corrected chi connectivity index (χ4v) is 5.68. The standard InChI is InChI=1S/C27H31F3N4O4/c1-25(2)12-19(13-26(3,4)38-25)34-22-10-7-18(33-14-16(15-33)23(35)36)11-21(22)32-24(34)31-17-5-8-20(9-6-17)37-27(28,29)30/h5-11,16,19H,12-15H2,1-4H3,(H,31,32)(H,35,36). The van der Waals surface area contributed by atoms with Crippen molar-refractivity contribution in [2.75, 3.05) is 23.3 Å². The molecule has 8 nitrogen and oxygen atoms in total. The molecule has 2 aliphatic rings. The lowest BCUT2D eigenvalue weighted by molar-refractivity contribution is -0.274. The number of imidazole rings is 1. The molecule has 2 aromatic carbocycles. The summed E-state index contributed by atoms with van der Waals surface area (Å²) in [4.78, 5) is 18.1. The molecule has 2 aliphatic heterocycles. The summed E-state index contributed by atoms with van der Waals surface area (Å²) >= 11 is 0. The Kier molecular flexibility index (Phi) is 6.24. The molecule has 3 heterocycles. The Morgan fingerprint density at radius 1 is 1.08 bits per heavy atom. The second-order valence-corrected chi connectivity index (χ2v) is 11.3. The van der Waals surface area contributed by atoms with Crippen molar-refractivity contribution >= 4 is 34.3 Å². The van der Waals surface area contributed by atoms with E-state index in [0.717, 1.165) is 29.6 Å². The molecule has 0 amide bonds. The molecule has 38 heavy (non-hydrogen) atoms. The van der Waals surface area contributed by atoms with Crippen LogP contribution in [0.2, 0.25) is 0 Å². The van der Waals surface area contributed by atoms with E-state index in [-0.39, 0.29) is 28.9 Å². The minimum atomic E-state index is -4.76. The Morgan fingerprint density at radius 3 is 2.29 bits per heavy atom. The SMILES string of the molecule is CC1(C)CC(n2c(Nc3ccc(OC(F)(F)F)cc3)nc3cc(N4CC(C(=O)O)C4)ccc32)CC(C)(C)O1. The normalized spacial score (nSPS) is 19.8. The molecular formula is C27H31F3N4O4. The number of hydrogen-bond acceptors (Lipinski definition) is 6. The van der Waals surface area contributed by atoms with Gasteiger partial charge in [-0.15, -0.1) is 13.2 Å². The lowest BCUT2D eigenvalue weighted by atomic mass is 9.85. The second-order valence-electron chi connectivity index (χ2n) is 11.3. The van der Waals surface area contributed by atoms with Crippen LogP contribution in [0.3, 0.4) is 0 Å². The van der Waals surface area contributed by atoms with Crippen LogP contribution < -0.4 is 15.0 Å². The van der Waals surface area contributed by atoms with Crippen LogP contribution in [-0.4, -0.2) is 51.3 Å². The van der Waals surface area contributed by atoms with Crippen molar-refractivity contribution in [2.45, 2.75) is 64.1 Å². The molecule has 2 fully saturated rings. The van der Waals surface area contributed by atoms with Gasteiger partial charge in [0.05, 0.1) is 28.2 Å². The maximum Gasteiger partial charge on any atom is 0.573 e. The van der Waals surface area contributed by atoms with Gasteiger partial charge in [0.25, 0.3) is 0 Å². The number of nitrogens with one attached hydrogen (secondary N) is 1. The molecule has 2 N–H and O–H groups in total. The number of carboxylic acids is 1. The number of aromatic nitrogens is 2. The molecule has 0 spiro atoms. The highest BCUT2D eigenvalue weighted by atomic mass is 19.4. The highest BCUT2D eigenvalue weighted by Crippen LogP contribution is 2.44. The van der Waals surface area contributed by atoms with Gasteiger partial charge in [-0.05, 0) is 83.0 Å². The number of anilines is 3. The van der Waals surface area contributed by atoms with Gasteiger partial charge in [0.1, 0.15) is 5.75 Å². The Balaban J connectivity index is 1.50. The van der Waals surface area contributed by atoms with Crippen LogP contribution in [0.25, 0.3) is 11.0 Å². The first-order chi connectivity index (χ1) is 17.7. The van der Waals surface area contributed by atoms with Crippen LogP contribution in [0.5, 0.6) is 5.75 Å². The van der Waals surface area contributed by atoms with Gasteiger partial charge >= 0.3 is 12.3 Å². The molecule has 1 aromatic heterocycles. The highest BCUT2D eigenvalue weighted by Gasteiger charge is 2.41. The summed E-state index contributed by atoms with van der Waals surface area (Å²) in [5, 5.41) is 12.5. The lowest BCUT2D eigenvalue weighted by Crippen LogP contribution is -2.50. The van der Waals surface area contributed by atoms with Gasteiger partial charge in [-0.3, -0.25) is 4.79 Å². The number of rotatable bonds is 6. The Bertz CT molecular complexity index is 1330. The van der Waals surface area contributed by atoms with Crippen molar-refractivity contribution in [2.24, 2.45) is 5.92 Å². The van der Waals surface area contributed by atoms with Crippen LogP contribution >= 0.6 is 0 Å². The van der Waals surface area contributed by atoms with E-state index in [2.05, 4.69) is 42.3 Å². The Morgan fingerprint density at radius 2 is 1.71 bits per heavy atom. The summed E-state index contributed by atoms with van der Waals surface area (Å²) in [5.74, 6) is -0.915. The van der Waals surface area contributed by atoms with E-state index in [4.69, 9.17) is 9.72 Å². The van der Waals surface area contributed by atoms with Gasteiger partial charge < -0.3 is 29.4 Å². The summed E-state index contributed by atoms with van der Waals surface area (Å²) in [6.45, 7) is 9.14. The topological polar surface area (TPSA) is 88.9 Å². The largest absolute Gasteiger partial charge is 0.573 e. The molecule has 0 bridgehead atoms. The average Bonchev–Trinajstić information content (AvgIpc) is 3.07. The van der Waals surface area contributed by atoms with Crippen molar-refractivity contribution in [3.05, 3.63) is 42.5 Å². The molecule has 0 saturated carbocycles. The summed E-state index contributed by atoms with van der Waals surface area (Å²) in [7, 11) is 0. The predicted octanol–water partition coefficient (Wildman–Crippen LogP) is 6.11. The summed E-state index contributed by atoms with van der Waals surface area (Å²) in [6.07, 6.45) is -3.28. The summed E-state index contributed by atoms with van der Waals surface area (Å²) in [5.41, 5.74) is 2.35. The van der Waals surface area contributed by atoms with Crippen molar-refractivity contribution in [1.82, 2.24) is 9.55 Å². The van der Waals surface area contributed by atoms with Crippen LogP contribution in [-0.2, 0) is 9.53 Å². The minimum Gasteiger partial charge on any atom is -0.481 e. The predicted molar refractivity (Wildman–Crippen MR) is 137 cm³/mol. The van der Waals surface area contributed by atoms with Gasteiger partial charge in [0.2, 0.25) is 5.95 Å². The lowest BCUT2D eigenvalue weighted by Gasteiger charge is -2.46. The molecule has 0 aliphatic carbocycles. The van der Waals surface area contributed by atoms with E-state index in [9.17, 15) is 23.1 Å². The molecule has 5 rings (SSSR count). The zero-order valence-corrected chi connectivity index (χ0v) is 21.7. The maximum absolute atomic E-state index is 12.6. The molecule has 2 saturated heterocycles. The number of carboxylic acid groups (broad SMARTS) is 1. The molecule has 0 unspecified atom stereocenters. The van der Waals surface area contributed by atoms with Crippen molar-refractivity contribution in [3.63, 3.8) is 0 Å². The molecular weight excluding hydrogens is 501 g/mol. The number of hydrogen-bond donors (Lipinski definition) is 2. The molecule has 0 radical (unpaired) electrons. The average molecular weight is 533 g/mol. The van der Waals surface area contributed by atoms with Gasteiger partial charge in [0, 0.05) is 30.5 Å². The highest BCUT2D eigenvalue weighted by molar-refractivity contribution is 5.84. The van der Waals surface area contributed by atoms with Crippen LogP contribution in [0.15, 0.2) is 42.5 Å². The van der Waals surface area contributed by atoms with E-state index in [1.807, 2.05) is 23.1 Å². The quantitative estimate of drug-likeness (QED) is 0.396. The van der Waals surface area contributed by atoms with E-state index in [1.165, 1.54) is 24.3 Å². The zero-order chi connectivity index (χ0) is 27.5. The van der Waals surface area contributed by atoms with Crippen molar-refractivity contribution in [3.8, 4) is 5.75 Å². The smallest absolute Gasteiger partial charge is 0.481 e. The fourth-order valence-electron chi connectivity index (χ4n) is 5.68. The van der Waals surface area contributed by atoms with Gasteiger partial charge in [-0.1, -0.05) is 0 Å². The number of nitrogens with zero attached hydrogens (tertiary/aromatic N) is 3. The third kappa shape index (κ3) is 5.52. The van der Waals surface area contributed by atoms with E-state index < -0.39 is 12.3 Å². The number of ether oxygens (including phenoxy) is 2. The molecule has 3 aromatic rings. The third-order valence-electron chi connectivity index (χ3n) is 6.99. The first kappa shape index (κ1) is 26.1. The van der Waals surface area contributed by atoms with Crippen LogP contribution in [0, 0.1) is 5.92 Å². The van der Waals surface area contributed by atoms with Crippen LogP contribution in [0.4, 0.5) is 30.5 Å². The Labute approximate surface area is 218 Å². The number of carbonyl (C=O) groups is 1. The maximum atomic E-state index is 12.6. The Hall–Kier alpha value is -3.47. The van der Waals surface area contributed by atoms with E-state index >= 15 is 0 Å². The first-order valence-corrected chi connectivity index (χ1v) is 12.5. The zero-order valence-electron chi connectivity index (χ0n) is 21.7. The third-order valence-corrected chi connectivity index (χ3v) is 6.99. The summed E-state index contributed by atoms with van der Waals surface area (Å²) in [6, 6.07) is 11.5.